The average Bonchev–Trinajstić information content (AvgIpc) is 2.14. The third kappa shape index (κ3) is 3.97. The fraction of sp³-hybridized carbons (Fsp3) is 0.364. The van der Waals surface area contributed by atoms with Gasteiger partial charge in [-0.1, -0.05) is 38.5 Å². The molecule has 4 heteroatoms. The minimum absolute atomic E-state index is 0.308. The highest BCUT2D eigenvalue weighted by Gasteiger charge is 2.25. The lowest BCUT2D eigenvalue weighted by molar-refractivity contribution is 0.562. The summed E-state index contributed by atoms with van der Waals surface area (Å²) in [6, 6.07) is 7.71. The molecule has 0 bridgehead atoms. The summed E-state index contributed by atoms with van der Waals surface area (Å²) in [5, 5.41) is 0. The summed E-state index contributed by atoms with van der Waals surface area (Å²) in [6.07, 6.45) is 1.64. The summed E-state index contributed by atoms with van der Waals surface area (Å²) in [4.78, 5) is 0. The van der Waals surface area contributed by atoms with Gasteiger partial charge in [-0.25, -0.2) is 0 Å². The van der Waals surface area contributed by atoms with Gasteiger partial charge in [-0.05, 0) is 26.8 Å². The Bertz CT molecular complexity index is 360. The SMILES string of the molecule is CC(C)(C)[S@+]([O-])N=Cc1ccccc1Br. The third-order valence-electron chi connectivity index (χ3n) is 1.72. The van der Waals surface area contributed by atoms with E-state index in [9.17, 15) is 4.55 Å². The fourth-order valence-corrected chi connectivity index (χ4v) is 1.76. The van der Waals surface area contributed by atoms with Crippen LogP contribution in [0.25, 0.3) is 0 Å². The van der Waals surface area contributed by atoms with Crippen molar-refractivity contribution in [3.8, 4) is 0 Å². The van der Waals surface area contributed by atoms with Crippen LogP contribution < -0.4 is 0 Å². The lowest BCUT2D eigenvalue weighted by Gasteiger charge is -2.17. The minimum atomic E-state index is -1.20. The number of hydrogen-bond donors (Lipinski definition) is 0. The van der Waals surface area contributed by atoms with E-state index in [-0.39, 0.29) is 4.75 Å². The van der Waals surface area contributed by atoms with Crippen LogP contribution in [0, 0.1) is 0 Å². The predicted octanol–water partition coefficient (Wildman–Crippen LogP) is 3.33. The molecule has 1 atom stereocenters. The van der Waals surface area contributed by atoms with E-state index in [4.69, 9.17) is 0 Å². The zero-order valence-corrected chi connectivity index (χ0v) is 11.4. The van der Waals surface area contributed by atoms with Gasteiger partial charge in [0.2, 0.25) is 0 Å². The second kappa shape index (κ2) is 5.14. The fourth-order valence-electron chi connectivity index (χ4n) is 0.843. The third-order valence-corrected chi connectivity index (χ3v) is 3.78. The molecule has 82 valence electrons. The lowest BCUT2D eigenvalue weighted by Crippen LogP contribution is -2.25. The van der Waals surface area contributed by atoms with Crippen LogP contribution in [-0.2, 0) is 11.4 Å². The highest BCUT2D eigenvalue weighted by Crippen LogP contribution is 2.18. The molecule has 1 aromatic carbocycles. The summed E-state index contributed by atoms with van der Waals surface area (Å²) in [5.41, 5.74) is 0.940. The van der Waals surface area contributed by atoms with E-state index in [1.807, 2.05) is 45.0 Å². The Balaban J connectivity index is 2.79. The van der Waals surface area contributed by atoms with Crippen molar-refractivity contribution in [3.63, 3.8) is 0 Å². The number of nitrogens with zero attached hydrogens (tertiary/aromatic N) is 1. The number of benzene rings is 1. The van der Waals surface area contributed by atoms with E-state index in [0.29, 0.717) is 0 Å². The van der Waals surface area contributed by atoms with Gasteiger partial charge in [-0.3, -0.25) is 0 Å². The average molecular weight is 288 g/mol. The molecule has 0 saturated carbocycles. The molecule has 0 aromatic heterocycles. The van der Waals surface area contributed by atoms with Crippen LogP contribution in [0.5, 0.6) is 0 Å². The Morgan fingerprint density at radius 3 is 2.47 bits per heavy atom. The van der Waals surface area contributed by atoms with E-state index >= 15 is 0 Å². The molecular weight excluding hydrogens is 274 g/mol. The quantitative estimate of drug-likeness (QED) is 0.607. The van der Waals surface area contributed by atoms with Crippen molar-refractivity contribution < 1.29 is 4.55 Å². The molecule has 0 aliphatic heterocycles. The molecule has 0 amide bonds. The molecule has 0 unspecified atom stereocenters. The van der Waals surface area contributed by atoms with Crippen molar-refractivity contribution in [2.45, 2.75) is 25.5 Å². The van der Waals surface area contributed by atoms with Crippen molar-refractivity contribution >= 4 is 33.5 Å². The highest BCUT2D eigenvalue weighted by atomic mass is 79.9. The Kier molecular flexibility index (Phi) is 4.37. The molecule has 0 N–H and O–H groups in total. The molecule has 1 aromatic rings. The largest absolute Gasteiger partial charge is 0.591 e. The van der Waals surface area contributed by atoms with Gasteiger partial charge in [0, 0.05) is 10.0 Å². The number of rotatable bonds is 2. The minimum Gasteiger partial charge on any atom is -0.591 e. The second-order valence-corrected chi connectivity index (χ2v) is 6.91. The van der Waals surface area contributed by atoms with Crippen molar-refractivity contribution in [3.05, 3.63) is 34.3 Å². The summed E-state index contributed by atoms with van der Waals surface area (Å²) in [6.45, 7) is 5.71. The summed E-state index contributed by atoms with van der Waals surface area (Å²) in [7, 11) is 0. The van der Waals surface area contributed by atoms with Crippen molar-refractivity contribution in [2.75, 3.05) is 0 Å². The smallest absolute Gasteiger partial charge is 0.144 e. The van der Waals surface area contributed by atoms with Crippen LogP contribution in [0.15, 0.2) is 33.1 Å². The Morgan fingerprint density at radius 1 is 1.33 bits per heavy atom. The van der Waals surface area contributed by atoms with Gasteiger partial charge >= 0.3 is 0 Å². The van der Waals surface area contributed by atoms with Gasteiger partial charge in [0.15, 0.2) is 0 Å². The van der Waals surface area contributed by atoms with Gasteiger partial charge in [0.25, 0.3) is 0 Å². The van der Waals surface area contributed by atoms with E-state index < -0.39 is 11.4 Å². The van der Waals surface area contributed by atoms with E-state index in [1.54, 1.807) is 6.21 Å². The normalized spacial score (nSPS) is 14.5. The van der Waals surface area contributed by atoms with E-state index in [0.717, 1.165) is 10.0 Å². The maximum atomic E-state index is 11.6. The van der Waals surface area contributed by atoms with Gasteiger partial charge in [0.1, 0.15) is 16.1 Å². The maximum absolute atomic E-state index is 11.6. The standard InChI is InChI=1S/C11H14BrNOS/c1-11(2,3)15(14)13-8-9-6-4-5-7-10(9)12/h4-8H,1-3H3/t15-/m0/s1. The first-order chi connectivity index (χ1) is 6.91. The summed E-state index contributed by atoms with van der Waals surface area (Å²) < 4.78 is 16.3. The summed E-state index contributed by atoms with van der Waals surface area (Å²) >= 11 is 2.21. The number of hydrogen-bond acceptors (Lipinski definition) is 2. The van der Waals surface area contributed by atoms with Crippen LogP contribution in [0.4, 0.5) is 0 Å². The molecule has 0 aliphatic carbocycles. The molecule has 0 fully saturated rings. The molecule has 2 nitrogen and oxygen atoms in total. The first-order valence-corrected chi connectivity index (χ1v) is 6.52. The molecule has 0 radical (unpaired) electrons. The van der Waals surface area contributed by atoms with E-state index in [2.05, 4.69) is 20.3 Å². The van der Waals surface area contributed by atoms with Gasteiger partial charge in [-0.15, -0.1) is 0 Å². The molecule has 0 spiro atoms. The lowest BCUT2D eigenvalue weighted by atomic mass is 10.2. The first-order valence-electron chi connectivity index (χ1n) is 4.62. The Hall–Kier alpha value is -0.320. The molecule has 0 saturated heterocycles. The van der Waals surface area contributed by atoms with Crippen molar-refractivity contribution in [1.29, 1.82) is 0 Å². The van der Waals surface area contributed by atoms with Crippen LogP contribution >= 0.6 is 15.9 Å². The highest BCUT2D eigenvalue weighted by molar-refractivity contribution is 9.10. The summed E-state index contributed by atoms with van der Waals surface area (Å²) in [5.74, 6) is 0. The van der Waals surface area contributed by atoms with Gasteiger partial charge in [0.05, 0.1) is 6.21 Å². The van der Waals surface area contributed by atoms with Gasteiger partial charge in [-0.2, -0.15) is 0 Å². The zero-order chi connectivity index (χ0) is 11.5. The van der Waals surface area contributed by atoms with Crippen LogP contribution in [-0.4, -0.2) is 15.5 Å². The number of halogens is 1. The van der Waals surface area contributed by atoms with Gasteiger partial charge < -0.3 is 4.55 Å². The van der Waals surface area contributed by atoms with Crippen LogP contribution in [0.1, 0.15) is 26.3 Å². The Morgan fingerprint density at radius 2 is 1.93 bits per heavy atom. The molecule has 0 aliphatic rings. The molecule has 0 heterocycles. The zero-order valence-electron chi connectivity index (χ0n) is 9.03. The topological polar surface area (TPSA) is 35.4 Å². The second-order valence-electron chi connectivity index (χ2n) is 4.12. The molecule has 15 heavy (non-hydrogen) atoms. The molecule has 1 rings (SSSR count). The monoisotopic (exact) mass is 287 g/mol. The maximum Gasteiger partial charge on any atom is 0.144 e. The Labute approximate surface area is 102 Å². The first kappa shape index (κ1) is 12.7. The van der Waals surface area contributed by atoms with Crippen molar-refractivity contribution in [1.82, 2.24) is 0 Å². The van der Waals surface area contributed by atoms with E-state index in [1.165, 1.54) is 0 Å². The predicted molar refractivity (Wildman–Crippen MR) is 69.6 cm³/mol. The van der Waals surface area contributed by atoms with Crippen LogP contribution in [0.3, 0.4) is 0 Å². The van der Waals surface area contributed by atoms with Crippen LogP contribution in [0.2, 0.25) is 0 Å². The van der Waals surface area contributed by atoms with Crippen molar-refractivity contribution in [2.24, 2.45) is 4.40 Å². The molecular formula is C11H14BrNOS.